The summed E-state index contributed by atoms with van der Waals surface area (Å²) in [6, 6.07) is 13.4. The molecule has 0 radical (unpaired) electrons. The fourth-order valence-corrected chi connectivity index (χ4v) is 2.55. The van der Waals surface area contributed by atoms with Gasteiger partial charge < -0.3 is 20.5 Å². The number of hydrogen-bond donors (Lipinski definition) is 3. The molecule has 3 N–H and O–H groups in total. The van der Waals surface area contributed by atoms with Crippen molar-refractivity contribution in [3.8, 4) is 5.75 Å². The Morgan fingerprint density at radius 2 is 1.96 bits per heavy atom. The van der Waals surface area contributed by atoms with Crippen LogP contribution in [0, 0.1) is 0 Å². The quantitative estimate of drug-likeness (QED) is 0.767. The van der Waals surface area contributed by atoms with Gasteiger partial charge in [0.1, 0.15) is 5.75 Å². The van der Waals surface area contributed by atoms with Crippen LogP contribution in [0.15, 0.2) is 48.5 Å². The van der Waals surface area contributed by atoms with Crippen molar-refractivity contribution in [3.05, 3.63) is 59.7 Å². The minimum atomic E-state index is -1.01. The number of benzene rings is 2. The molecule has 2 aromatic rings. The van der Waals surface area contributed by atoms with Crippen LogP contribution in [0.3, 0.4) is 0 Å². The van der Waals surface area contributed by atoms with E-state index in [-0.39, 0.29) is 19.1 Å². The number of anilines is 1. The van der Waals surface area contributed by atoms with Gasteiger partial charge in [0.25, 0.3) is 11.8 Å². The van der Waals surface area contributed by atoms with Crippen LogP contribution in [0.25, 0.3) is 0 Å². The molecule has 3 rings (SSSR count). The molecule has 0 aliphatic carbocycles. The highest BCUT2D eigenvalue weighted by molar-refractivity contribution is 5.99. The molecule has 1 unspecified atom stereocenters. The molecule has 0 bridgehead atoms. The molecule has 1 aliphatic rings. The zero-order chi connectivity index (χ0) is 17.8. The molecule has 0 saturated carbocycles. The molecule has 0 aromatic heterocycles. The minimum absolute atomic E-state index is 0.0349. The van der Waals surface area contributed by atoms with E-state index in [1.165, 1.54) is 6.07 Å². The number of hydrogen-bond acceptors (Lipinski definition) is 4. The van der Waals surface area contributed by atoms with Crippen LogP contribution in [-0.4, -0.2) is 36.0 Å². The maximum Gasteiger partial charge on any atom is 0.312 e. The van der Waals surface area contributed by atoms with Crippen molar-refractivity contribution < 1.29 is 24.2 Å². The van der Waals surface area contributed by atoms with E-state index in [1.54, 1.807) is 42.5 Å². The fourth-order valence-electron chi connectivity index (χ4n) is 2.55. The smallest absolute Gasteiger partial charge is 0.312 e. The summed E-state index contributed by atoms with van der Waals surface area (Å²) < 4.78 is 5.27. The first-order valence-corrected chi connectivity index (χ1v) is 7.67. The van der Waals surface area contributed by atoms with Crippen LogP contribution in [0.5, 0.6) is 5.75 Å². The van der Waals surface area contributed by atoms with Gasteiger partial charge in [-0.25, -0.2) is 0 Å². The van der Waals surface area contributed by atoms with Crippen molar-refractivity contribution >= 4 is 23.5 Å². The molecule has 1 aliphatic heterocycles. The molecule has 1 atom stereocenters. The van der Waals surface area contributed by atoms with E-state index in [0.29, 0.717) is 22.6 Å². The molecule has 1 heterocycles. The van der Waals surface area contributed by atoms with E-state index in [0.717, 1.165) is 0 Å². The normalized spacial score (nSPS) is 13.8. The van der Waals surface area contributed by atoms with E-state index in [1.807, 2.05) is 0 Å². The summed E-state index contributed by atoms with van der Waals surface area (Å²) in [7, 11) is 0. The highest BCUT2D eigenvalue weighted by Crippen LogP contribution is 2.28. The predicted octanol–water partition coefficient (Wildman–Crippen LogP) is 1.62. The SMILES string of the molecule is O=C1COc2cc(C(=O)NCC(C(=O)O)c3ccccc3)ccc2N1. The Labute approximate surface area is 143 Å². The molecule has 2 amide bonds. The molecule has 0 fully saturated rings. The standard InChI is InChI=1S/C18H16N2O5/c21-16-10-25-15-8-12(6-7-14(15)20-16)17(22)19-9-13(18(23)24)11-4-2-1-3-5-11/h1-8,13H,9-10H2,(H,19,22)(H,20,21)(H,23,24). The summed E-state index contributed by atoms with van der Waals surface area (Å²) in [5, 5.41) is 14.7. The van der Waals surface area contributed by atoms with E-state index in [9.17, 15) is 19.5 Å². The van der Waals surface area contributed by atoms with Gasteiger partial charge in [-0.1, -0.05) is 30.3 Å². The van der Waals surface area contributed by atoms with Gasteiger partial charge in [0.2, 0.25) is 0 Å². The maximum atomic E-state index is 12.3. The summed E-state index contributed by atoms with van der Waals surface area (Å²) in [4.78, 5) is 35.0. The van der Waals surface area contributed by atoms with E-state index in [4.69, 9.17) is 4.74 Å². The number of amides is 2. The van der Waals surface area contributed by atoms with Gasteiger partial charge in [0.05, 0.1) is 11.6 Å². The molecule has 0 saturated heterocycles. The Kier molecular flexibility index (Phi) is 4.65. The molecule has 25 heavy (non-hydrogen) atoms. The Balaban J connectivity index is 1.70. The van der Waals surface area contributed by atoms with Crippen LogP contribution in [0.1, 0.15) is 21.8 Å². The lowest BCUT2D eigenvalue weighted by molar-refractivity contribution is -0.138. The van der Waals surface area contributed by atoms with Crippen molar-refractivity contribution in [2.24, 2.45) is 0 Å². The molecular formula is C18H16N2O5. The van der Waals surface area contributed by atoms with Gasteiger partial charge in [-0.15, -0.1) is 0 Å². The summed E-state index contributed by atoms with van der Waals surface area (Å²) in [5.41, 5.74) is 1.44. The van der Waals surface area contributed by atoms with Crippen LogP contribution >= 0.6 is 0 Å². The van der Waals surface area contributed by atoms with Gasteiger partial charge in [-0.05, 0) is 23.8 Å². The third-order valence-electron chi connectivity index (χ3n) is 3.84. The third-order valence-corrected chi connectivity index (χ3v) is 3.84. The lowest BCUT2D eigenvalue weighted by Crippen LogP contribution is -2.32. The van der Waals surface area contributed by atoms with Crippen LogP contribution in [-0.2, 0) is 9.59 Å². The van der Waals surface area contributed by atoms with Crippen LogP contribution in [0.2, 0.25) is 0 Å². The van der Waals surface area contributed by atoms with Gasteiger partial charge in [-0.3, -0.25) is 14.4 Å². The Morgan fingerprint density at radius 1 is 1.20 bits per heavy atom. The van der Waals surface area contributed by atoms with Gasteiger partial charge in [0, 0.05) is 12.1 Å². The number of fused-ring (bicyclic) bond motifs is 1. The third kappa shape index (κ3) is 3.77. The van der Waals surface area contributed by atoms with Gasteiger partial charge in [0.15, 0.2) is 6.61 Å². The fraction of sp³-hybridized carbons (Fsp3) is 0.167. The monoisotopic (exact) mass is 340 g/mol. The summed E-state index contributed by atoms with van der Waals surface area (Å²) >= 11 is 0. The molecule has 7 nitrogen and oxygen atoms in total. The maximum absolute atomic E-state index is 12.3. The van der Waals surface area contributed by atoms with Gasteiger partial charge in [-0.2, -0.15) is 0 Å². The summed E-state index contributed by atoms with van der Waals surface area (Å²) in [6.45, 7) is -0.139. The highest BCUT2D eigenvalue weighted by atomic mass is 16.5. The van der Waals surface area contributed by atoms with Crippen molar-refractivity contribution in [2.75, 3.05) is 18.5 Å². The van der Waals surface area contributed by atoms with E-state index in [2.05, 4.69) is 10.6 Å². The van der Waals surface area contributed by atoms with E-state index < -0.39 is 17.8 Å². The first-order chi connectivity index (χ1) is 12.0. The van der Waals surface area contributed by atoms with Crippen molar-refractivity contribution in [1.29, 1.82) is 0 Å². The highest BCUT2D eigenvalue weighted by Gasteiger charge is 2.22. The Hall–Kier alpha value is -3.35. The molecular weight excluding hydrogens is 324 g/mol. The second kappa shape index (κ2) is 7.04. The summed E-state index contributed by atoms with van der Waals surface area (Å²) in [6.07, 6.45) is 0. The zero-order valence-electron chi connectivity index (χ0n) is 13.2. The molecule has 7 heteroatoms. The molecule has 128 valence electrons. The topological polar surface area (TPSA) is 105 Å². The van der Waals surface area contributed by atoms with E-state index >= 15 is 0 Å². The second-order valence-corrected chi connectivity index (χ2v) is 5.56. The van der Waals surface area contributed by atoms with Gasteiger partial charge >= 0.3 is 5.97 Å². The molecule has 0 spiro atoms. The lowest BCUT2D eigenvalue weighted by atomic mass is 9.99. The first-order valence-electron chi connectivity index (χ1n) is 7.67. The average Bonchev–Trinajstić information content (AvgIpc) is 2.62. The largest absolute Gasteiger partial charge is 0.482 e. The number of ether oxygens (including phenoxy) is 1. The second-order valence-electron chi connectivity index (χ2n) is 5.56. The predicted molar refractivity (Wildman–Crippen MR) is 89.7 cm³/mol. The number of carboxylic acid groups (broad SMARTS) is 1. The minimum Gasteiger partial charge on any atom is -0.482 e. The Bertz CT molecular complexity index is 819. The summed E-state index contributed by atoms with van der Waals surface area (Å²) in [5.74, 6) is -2.10. The number of nitrogens with one attached hydrogen (secondary N) is 2. The Morgan fingerprint density at radius 3 is 2.68 bits per heavy atom. The number of aliphatic carboxylic acids is 1. The van der Waals surface area contributed by atoms with Crippen molar-refractivity contribution in [2.45, 2.75) is 5.92 Å². The van der Waals surface area contributed by atoms with Crippen molar-refractivity contribution in [3.63, 3.8) is 0 Å². The van der Waals surface area contributed by atoms with Crippen molar-refractivity contribution in [1.82, 2.24) is 5.32 Å². The molecule has 2 aromatic carbocycles. The number of carbonyl (C=O) groups excluding carboxylic acids is 2. The number of carbonyl (C=O) groups is 3. The zero-order valence-corrected chi connectivity index (χ0v) is 13.2. The number of carboxylic acids is 1. The van der Waals surface area contributed by atoms with Crippen LogP contribution in [0.4, 0.5) is 5.69 Å². The van der Waals surface area contributed by atoms with Crippen LogP contribution < -0.4 is 15.4 Å². The lowest BCUT2D eigenvalue weighted by Gasteiger charge is -2.18. The average molecular weight is 340 g/mol. The first kappa shape index (κ1) is 16.5. The number of rotatable bonds is 5.